The largest absolute Gasteiger partial charge is 0.321 e. The Morgan fingerprint density at radius 2 is 1.90 bits per heavy atom. The first kappa shape index (κ1) is 15.2. The summed E-state index contributed by atoms with van der Waals surface area (Å²) in [7, 11) is 0. The predicted octanol–water partition coefficient (Wildman–Crippen LogP) is 2.74. The van der Waals surface area contributed by atoms with Crippen molar-refractivity contribution >= 4 is 45.6 Å². The predicted molar refractivity (Wildman–Crippen MR) is 88.0 cm³/mol. The molecule has 21 heavy (non-hydrogen) atoms. The Morgan fingerprint density at radius 1 is 1.19 bits per heavy atom. The minimum atomic E-state index is -0.599. The molecule has 0 saturated heterocycles. The van der Waals surface area contributed by atoms with Gasteiger partial charge in [-0.2, -0.15) is 0 Å². The van der Waals surface area contributed by atoms with E-state index in [9.17, 15) is 14.9 Å². The number of nitrogens with two attached hydrogens (primary N) is 1. The average Bonchev–Trinajstić information content (AvgIpc) is 2.48. The van der Waals surface area contributed by atoms with Crippen molar-refractivity contribution in [2.45, 2.75) is 0 Å². The van der Waals surface area contributed by atoms with Gasteiger partial charge in [0.1, 0.15) is 5.69 Å². The molecule has 0 spiro atoms. The third kappa shape index (κ3) is 3.28. The molecule has 0 bridgehead atoms. The van der Waals surface area contributed by atoms with Crippen molar-refractivity contribution in [3.05, 3.63) is 61.7 Å². The highest BCUT2D eigenvalue weighted by Gasteiger charge is 2.21. The van der Waals surface area contributed by atoms with Crippen LogP contribution in [0.3, 0.4) is 0 Å². The zero-order chi connectivity index (χ0) is 15.4. The van der Waals surface area contributed by atoms with Crippen LogP contribution in [0.4, 0.5) is 17.1 Å². The van der Waals surface area contributed by atoms with E-state index in [1.165, 1.54) is 18.2 Å². The van der Waals surface area contributed by atoms with Crippen LogP contribution in [0.15, 0.2) is 42.5 Å². The summed E-state index contributed by atoms with van der Waals surface area (Å²) >= 11 is 2.09. The zero-order valence-corrected chi connectivity index (χ0v) is 12.8. The van der Waals surface area contributed by atoms with E-state index in [-0.39, 0.29) is 16.9 Å². The molecule has 0 atom stereocenters. The van der Waals surface area contributed by atoms with Gasteiger partial charge < -0.3 is 10.7 Å². The van der Waals surface area contributed by atoms with Crippen LogP contribution < -0.4 is 16.6 Å². The molecule has 0 aliphatic carbocycles. The number of hydrogen-bond donors (Lipinski definition) is 3. The number of hydrogen-bond acceptors (Lipinski definition) is 5. The van der Waals surface area contributed by atoms with E-state index in [1.54, 1.807) is 12.1 Å². The van der Waals surface area contributed by atoms with E-state index in [1.807, 2.05) is 12.1 Å². The Bertz CT molecular complexity index is 706. The number of hydrazine groups is 1. The van der Waals surface area contributed by atoms with Gasteiger partial charge in [0, 0.05) is 9.64 Å². The van der Waals surface area contributed by atoms with Gasteiger partial charge in [-0.05, 0) is 40.8 Å². The summed E-state index contributed by atoms with van der Waals surface area (Å²) in [5.41, 5.74) is 2.67. The molecule has 0 radical (unpaired) electrons. The summed E-state index contributed by atoms with van der Waals surface area (Å²) in [6.45, 7) is 0. The van der Waals surface area contributed by atoms with E-state index in [2.05, 4.69) is 33.3 Å². The lowest BCUT2D eigenvalue weighted by Gasteiger charge is -2.11. The fraction of sp³-hybridized carbons (Fsp3) is 0. The summed E-state index contributed by atoms with van der Waals surface area (Å²) in [5.74, 6) is 4.84. The number of amides is 1. The number of carbonyl (C=O) groups is 1. The second-order valence-electron chi connectivity index (χ2n) is 4.04. The first-order chi connectivity index (χ1) is 10.0. The minimum absolute atomic E-state index is 0.0223. The van der Waals surface area contributed by atoms with Gasteiger partial charge in [0.15, 0.2) is 0 Å². The molecule has 0 heterocycles. The smallest absolute Gasteiger partial charge is 0.294 e. The highest BCUT2D eigenvalue weighted by Crippen LogP contribution is 2.28. The van der Waals surface area contributed by atoms with Crippen LogP contribution >= 0.6 is 22.6 Å². The van der Waals surface area contributed by atoms with Crippen molar-refractivity contribution in [3.63, 3.8) is 0 Å². The van der Waals surface area contributed by atoms with Crippen molar-refractivity contribution in [2.24, 2.45) is 5.84 Å². The molecule has 2 aromatic carbocycles. The quantitative estimate of drug-likeness (QED) is 0.318. The van der Waals surface area contributed by atoms with E-state index in [0.29, 0.717) is 5.69 Å². The van der Waals surface area contributed by atoms with E-state index < -0.39 is 10.8 Å². The fourth-order valence-electron chi connectivity index (χ4n) is 1.79. The average molecular weight is 398 g/mol. The molecule has 0 fully saturated rings. The van der Waals surface area contributed by atoms with Gasteiger partial charge in [0.05, 0.1) is 16.2 Å². The lowest BCUT2D eigenvalue weighted by Crippen LogP contribution is -2.18. The maximum atomic E-state index is 12.3. The van der Waals surface area contributed by atoms with Crippen molar-refractivity contribution in [2.75, 3.05) is 10.7 Å². The van der Waals surface area contributed by atoms with Crippen molar-refractivity contribution < 1.29 is 9.72 Å². The number of rotatable bonds is 4. The van der Waals surface area contributed by atoms with Crippen molar-refractivity contribution in [1.29, 1.82) is 0 Å². The van der Waals surface area contributed by atoms with Crippen LogP contribution in [0.2, 0.25) is 0 Å². The van der Waals surface area contributed by atoms with E-state index >= 15 is 0 Å². The molecule has 0 aliphatic rings. The normalized spacial score (nSPS) is 10.0. The number of nitro benzene ring substituents is 1. The number of nitrogens with one attached hydrogen (secondary N) is 2. The van der Waals surface area contributed by atoms with Gasteiger partial charge in [-0.1, -0.05) is 18.2 Å². The molecular formula is C13H11IN4O3. The number of nitrogen functional groups attached to an aromatic ring is 1. The monoisotopic (exact) mass is 398 g/mol. The molecule has 1 amide bonds. The molecule has 7 nitrogen and oxygen atoms in total. The third-order valence-corrected chi connectivity index (χ3v) is 3.69. The standard InChI is InChI=1S/C13H11IN4O3/c14-9-5-1-2-6-10(9)16-13(19)8-4-3-7-11(18(20)21)12(8)17-15/h1-7,17H,15H2,(H,16,19). The van der Waals surface area contributed by atoms with Crippen molar-refractivity contribution in [1.82, 2.24) is 0 Å². The van der Waals surface area contributed by atoms with Crippen LogP contribution in [0, 0.1) is 13.7 Å². The molecule has 108 valence electrons. The second kappa shape index (κ2) is 6.50. The lowest BCUT2D eigenvalue weighted by atomic mass is 10.1. The van der Waals surface area contributed by atoms with Gasteiger partial charge >= 0.3 is 0 Å². The fourth-order valence-corrected chi connectivity index (χ4v) is 2.31. The highest BCUT2D eigenvalue weighted by molar-refractivity contribution is 14.1. The number of nitro groups is 1. The summed E-state index contributed by atoms with van der Waals surface area (Å²) in [4.78, 5) is 22.6. The van der Waals surface area contributed by atoms with Crippen LogP contribution in [0.1, 0.15) is 10.4 Å². The van der Waals surface area contributed by atoms with E-state index in [0.717, 1.165) is 3.57 Å². The lowest BCUT2D eigenvalue weighted by molar-refractivity contribution is -0.384. The number of halogens is 1. The first-order valence-electron chi connectivity index (χ1n) is 5.84. The molecule has 0 unspecified atom stereocenters. The summed E-state index contributed by atoms with van der Waals surface area (Å²) < 4.78 is 0.858. The third-order valence-electron chi connectivity index (χ3n) is 2.75. The molecule has 0 aromatic heterocycles. The topological polar surface area (TPSA) is 110 Å². The minimum Gasteiger partial charge on any atom is -0.321 e. The van der Waals surface area contributed by atoms with Crippen molar-refractivity contribution in [3.8, 4) is 0 Å². The van der Waals surface area contributed by atoms with Gasteiger partial charge in [0.2, 0.25) is 0 Å². The maximum absolute atomic E-state index is 12.3. The second-order valence-corrected chi connectivity index (χ2v) is 5.20. The highest BCUT2D eigenvalue weighted by atomic mass is 127. The summed E-state index contributed by atoms with van der Waals surface area (Å²) in [6, 6.07) is 11.4. The van der Waals surface area contributed by atoms with Crippen LogP contribution in [-0.2, 0) is 0 Å². The molecule has 2 aromatic rings. The molecule has 8 heteroatoms. The molecule has 0 saturated carbocycles. The molecule has 2 rings (SSSR count). The van der Waals surface area contributed by atoms with Crippen LogP contribution in [0.25, 0.3) is 0 Å². The van der Waals surface area contributed by atoms with Gasteiger partial charge in [-0.3, -0.25) is 20.8 Å². The summed E-state index contributed by atoms with van der Waals surface area (Å²) in [6.07, 6.45) is 0. The maximum Gasteiger partial charge on any atom is 0.294 e. The number of para-hydroxylation sites is 2. The van der Waals surface area contributed by atoms with Gasteiger partial charge in [-0.15, -0.1) is 0 Å². The number of nitrogens with zero attached hydrogens (tertiary/aromatic N) is 1. The van der Waals surface area contributed by atoms with E-state index in [4.69, 9.17) is 5.84 Å². The Morgan fingerprint density at radius 3 is 2.52 bits per heavy atom. The Labute approximate surface area is 133 Å². The first-order valence-corrected chi connectivity index (χ1v) is 6.92. The number of anilines is 2. The zero-order valence-electron chi connectivity index (χ0n) is 10.7. The molecule has 0 aliphatic heterocycles. The van der Waals surface area contributed by atoms with Gasteiger partial charge in [0.25, 0.3) is 11.6 Å². The SMILES string of the molecule is NNc1c(C(=O)Nc2ccccc2I)cccc1[N+](=O)[O-]. The van der Waals surface area contributed by atoms with Gasteiger partial charge in [-0.25, -0.2) is 0 Å². The van der Waals surface area contributed by atoms with Crippen LogP contribution in [-0.4, -0.2) is 10.8 Å². The van der Waals surface area contributed by atoms with Crippen LogP contribution in [0.5, 0.6) is 0 Å². The summed E-state index contributed by atoms with van der Waals surface area (Å²) in [5, 5.41) is 13.6. The molecule has 4 N–H and O–H groups in total. The Hall–Kier alpha value is -2.20. The molecular weight excluding hydrogens is 387 g/mol. The Kier molecular flexibility index (Phi) is 4.70. The number of carbonyl (C=O) groups excluding carboxylic acids is 1. The Balaban J connectivity index is 2.38. The number of benzene rings is 2.